The minimum absolute atomic E-state index is 0.0669. The van der Waals surface area contributed by atoms with Gasteiger partial charge in [-0.1, -0.05) is 0 Å². The van der Waals surface area contributed by atoms with E-state index in [-0.39, 0.29) is 22.8 Å². The molecule has 1 aliphatic heterocycles. The van der Waals surface area contributed by atoms with E-state index in [2.05, 4.69) is 5.32 Å². The van der Waals surface area contributed by atoms with E-state index >= 15 is 0 Å². The number of halogens is 1. The predicted octanol–water partition coefficient (Wildman–Crippen LogP) is 0.633. The zero-order chi connectivity index (χ0) is 14.2. The lowest BCUT2D eigenvalue weighted by molar-refractivity contribution is 0.0940. The molecule has 0 bridgehead atoms. The molecule has 0 aliphatic carbocycles. The molecule has 1 aromatic carbocycles. The third kappa shape index (κ3) is 3.04. The van der Waals surface area contributed by atoms with Crippen LogP contribution in [0, 0.1) is 12.7 Å². The van der Waals surface area contributed by atoms with Crippen molar-refractivity contribution in [2.24, 2.45) is 0 Å². The highest BCUT2D eigenvalue weighted by Gasteiger charge is 2.29. The van der Waals surface area contributed by atoms with Crippen molar-refractivity contribution in [3.8, 4) is 0 Å². The second-order valence-electron chi connectivity index (χ2n) is 4.75. The Morgan fingerprint density at radius 2 is 2.16 bits per heavy atom. The third-order valence-electron chi connectivity index (χ3n) is 3.21. The van der Waals surface area contributed by atoms with Gasteiger partial charge in [0.2, 0.25) is 0 Å². The molecule has 0 spiro atoms. The zero-order valence-corrected chi connectivity index (χ0v) is 11.3. The van der Waals surface area contributed by atoms with Crippen LogP contribution in [0.3, 0.4) is 0 Å². The molecule has 1 fully saturated rings. The van der Waals surface area contributed by atoms with E-state index in [0.717, 1.165) is 6.07 Å². The van der Waals surface area contributed by atoms with Crippen LogP contribution in [0.2, 0.25) is 0 Å². The molecule has 7 heteroatoms. The molecular formula is C12H15FN2O3S. The van der Waals surface area contributed by atoms with Crippen LogP contribution in [0.5, 0.6) is 0 Å². The summed E-state index contributed by atoms with van der Waals surface area (Å²) in [7, 11) is -3.06. The van der Waals surface area contributed by atoms with Gasteiger partial charge < -0.3 is 11.1 Å². The van der Waals surface area contributed by atoms with Crippen LogP contribution in [-0.2, 0) is 9.84 Å². The Balaban J connectivity index is 2.13. The molecule has 3 N–H and O–H groups in total. The van der Waals surface area contributed by atoms with Crippen molar-refractivity contribution >= 4 is 21.4 Å². The van der Waals surface area contributed by atoms with E-state index in [9.17, 15) is 17.6 Å². The van der Waals surface area contributed by atoms with Gasteiger partial charge in [0.25, 0.3) is 5.91 Å². The van der Waals surface area contributed by atoms with Crippen molar-refractivity contribution in [3.63, 3.8) is 0 Å². The van der Waals surface area contributed by atoms with E-state index in [4.69, 9.17) is 5.73 Å². The second-order valence-corrected chi connectivity index (χ2v) is 6.97. The average molecular weight is 286 g/mol. The van der Waals surface area contributed by atoms with Crippen molar-refractivity contribution in [3.05, 3.63) is 29.1 Å². The number of nitrogens with two attached hydrogens (primary N) is 1. The third-order valence-corrected chi connectivity index (χ3v) is 4.98. The van der Waals surface area contributed by atoms with E-state index in [1.54, 1.807) is 0 Å². The highest BCUT2D eigenvalue weighted by Crippen LogP contribution is 2.18. The van der Waals surface area contributed by atoms with Gasteiger partial charge in [-0.15, -0.1) is 0 Å². The first-order valence-corrected chi connectivity index (χ1v) is 7.67. The van der Waals surface area contributed by atoms with E-state index in [0.29, 0.717) is 12.0 Å². The molecule has 1 heterocycles. The minimum atomic E-state index is -3.06. The fraction of sp³-hybridized carbons (Fsp3) is 0.417. The molecule has 5 nitrogen and oxygen atoms in total. The van der Waals surface area contributed by atoms with Gasteiger partial charge in [-0.05, 0) is 25.5 Å². The molecule has 0 saturated carbocycles. The molecule has 0 aromatic heterocycles. The second kappa shape index (κ2) is 4.80. The number of carbonyl (C=O) groups excluding carboxylic acids is 1. The first-order chi connectivity index (χ1) is 8.78. The molecule has 0 radical (unpaired) electrons. The number of hydrogen-bond acceptors (Lipinski definition) is 4. The van der Waals surface area contributed by atoms with E-state index < -0.39 is 27.6 Å². The molecule has 1 saturated heterocycles. The first kappa shape index (κ1) is 13.8. The van der Waals surface area contributed by atoms with Crippen LogP contribution in [0.15, 0.2) is 12.1 Å². The molecule has 2 rings (SSSR count). The maximum absolute atomic E-state index is 13.5. The fourth-order valence-electron chi connectivity index (χ4n) is 2.01. The summed E-state index contributed by atoms with van der Waals surface area (Å²) < 4.78 is 36.0. The molecule has 1 atom stereocenters. The minimum Gasteiger partial charge on any atom is -0.398 e. The Hall–Kier alpha value is -1.63. The van der Waals surface area contributed by atoms with Crippen LogP contribution in [0.1, 0.15) is 22.3 Å². The Morgan fingerprint density at radius 3 is 2.68 bits per heavy atom. The Labute approximate surface area is 110 Å². The van der Waals surface area contributed by atoms with Crippen LogP contribution >= 0.6 is 0 Å². The molecule has 104 valence electrons. The number of anilines is 1. The highest BCUT2D eigenvalue weighted by atomic mass is 32.2. The quantitative estimate of drug-likeness (QED) is 0.780. The number of rotatable bonds is 2. The number of sulfone groups is 1. The molecule has 1 unspecified atom stereocenters. The van der Waals surface area contributed by atoms with Gasteiger partial charge in [-0.2, -0.15) is 0 Å². The lowest BCUT2D eigenvalue weighted by atomic mass is 10.1. The van der Waals surface area contributed by atoms with E-state index in [1.807, 2.05) is 0 Å². The van der Waals surface area contributed by atoms with Crippen molar-refractivity contribution in [1.82, 2.24) is 5.32 Å². The average Bonchev–Trinajstić information content (AvgIpc) is 2.64. The summed E-state index contributed by atoms with van der Waals surface area (Å²) in [5.41, 5.74) is 6.19. The molecule has 1 aromatic rings. The lowest BCUT2D eigenvalue weighted by Crippen LogP contribution is -2.35. The largest absolute Gasteiger partial charge is 0.398 e. The summed E-state index contributed by atoms with van der Waals surface area (Å²) >= 11 is 0. The zero-order valence-electron chi connectivity index (χ0n) is 10.4. The topological polar surface area (TPSA) is 89.3 Å². The summed E-state index contributed by atoms with van der Waals surface area (Å²) in [4.78, 5) is 11.9. The Morgan fingerprint density at radius 1 is 1.47 bits per heavy atom. The van der Waals surface area contributed by atoms with Crippen LogP contribution in [0.25, 0.3) is 0 Å². The van der Waals surface area contributed by atoms with Crippen molar-refractivity contribution in [2.75, 3.05) is 17.2 Å². The molecular weight excluding hydrogens is 271 g/mol. The van der Waals surface area contributed by atoms with Crippen molar-refractivity contribution in [1.29, 1.82) is 0 Å². The van der Waals surface area contributed by atoms with Gasteiger partial charge in [0.15, 0.2) is 9.84 Å². The van der Waals surface area contributed by atoms with Gasteiger partial charge in [0, 0.05) is 22.9 Å². The van der Waals surface area contributed by atoms with Gasteiger partial charge in [-0.25, -0.2) is 12.8 Å². The molecule has 1 amide bonds. The monoisotopic (exact) mass is 286 g/mol. The maximum Gasteiger partial charge on any atom is 0.251 e. The van der Waals surface area contributed by atoms with Gasteiger partial charge in [0.05, 0.1) is 11.5 Å². The van der Waals surface area contributed by atoms with Gasteiger partial charge >= 0.3 is 0 Å². The smallest absolute Gasteiger partial charge is 0.251 e. The Bertz CT molecular complexity index is 605. The standard InChI is InChI=1S/C12H15FN2O3S/c1-7-10(13)4-8(5-11(7)14)12(16)15-9-2-3-19(17,18)6-9/h4-5,9H,2-3,6,14H2,1H3,(H,15,16). The predicted molar refractivity (Wildman–Crippen MR) is 70.1 cm³/mol. The number of hydrogen-bond donors (Lipinski definition) is 2. The number of nitrogen functional groups attached to an aromatic ring is 1. The van der Waals surface area contributed by atoms with Crippen LogP contribution in [0.4, 0.5) is 10.1 Å². The van der Waals surface area contributed by atoms with Crippen LogP contribution in [-0.4, -0.2) is 31.9 Å². The SMILES string of the molecule is Cc1c(N)cc(C(=O)NC2CCS(=O)(=O)C2)cc1F. The summed E-state index contributed by atoms with van der Waals surface area (Å²) in [6.45, 7) is 1.52. The number of carbonyl (C=O) groups is 1. The summed E-state index contributed by atoms with van der Waals surface area (Å²) in [6.07, 6.45) is 0.387. The number of nitrogens with one attached hydrogen (secondary N) is 1. The van der Waals surface area contributed by atoms with E-state index in [1.165, 1.54) is 13.0 Å². The van der Waals surface area contributed by atoms with Crippen molar-refractivity contribution < 1.29 is 17.6 Å². The van der Waals surface area contributed by atoms with Gasteiger partial charge in [0.1, 0.15) is 5.82 Å². The summed E-state index contributed by atoms with van der Waals surface area (Å²) in [5, 5.41) is 2.58. The lowest BCUT2D eigenvalue weighted by Gasteiger charge is -2.12. The normalized spacial score (nSPS) is 21.3. The highest BCUT2D eigenvalue weighted by molar-refractivity contribution is 7.91. The first-order valence-electron chi connectivity index (χ1n) is 5.85. The summed E-state index contributed by atoms with van der Waals surface area (Å²) in [5.74, 6) is -1.05. The number of benzene rings is 1. The summed E-state index contributed by atoms with van der Waals surface area (Å²) in [6, 6.07) is 2.07. The molecule has 19 heavy (non-hydrogen) atoms. The molecule has 1 aliphatic rings. The van der Waals surface area contributed by atoms with Gasteiger partial charge in [-0.3, -0.25) is 4.79 Å². The Kier molecular flexibility index (Phi) is 3.49. The van der Waals surface area contributed by atoms with Crippen LogP contribution < -0.4 is 11.1 Å². The van der Waals surface area contributed by atoms with Crippen molar-refractivity contribution in [2.45, 2.75) is 19.4 Å². The fourth-order valence-corrected chi connectivity index (χ4v) is 3.68. The number of amides is 1. The maximum atomic E-state index is 13.5.